The van der Waals surface area contributed by atoms with Crippen LogP contribution in [0.2, 0.25) is 0 Å². The Kier molecular flexibility index (Phi) is 11.3. The number of hydrogen-bond acceptors (Lipinski definition) is 4. The van der Waals surface area contributed by atoms with Crippen molar-refractivity contribution < 1.29 is 0 Å². The van der Waals surface area contributed by atoms with Gasteiger partial charge in [0.05, 0.1) is 33.4 Å². The van der Waals surface area contributed by atoms with Gasteiger partial charge in [0.15, 0.2) is 17.5 Å². The molecule has 0 aliphatic carbocycles. The average molecular weight is 1000 g/mol. The average Bonchev–Trinajstić information content (AvgIpc) is 4.01. The molecule has 14 rings (SSSR count). The van der Waals surface area contributed by atoms with Gasteiger partial charge in [0.25, 0.3) is 0 Å². The minimum atomic E-state index is 0.586. The monoisotopic (exact) mass is 1000 g/mol. The van der Waals surface area contributed by atoms with E-state index in [1.54, 1.807) is 0 Å². The van der Waals surface area contributed by atoms with E-state index in [-0.39, 0.29) is 0 Å². The normalized spacial score (nSPS) is 11.6. The Hall–Kier alpha value is -10.0. The summed E-state index contributed by atoms with van der Waals surface area (Å²) in [5.74, 6) is 1.81. The van der Waals surface area contributed by atoms with Crippen molar-refractivity contribution in [3.63, 3.8) is 0 Å². The summed E-state index contributed by atoms with van der Waals surface area (Å²) in [5.41, 5.74) is 23.2. The number of aryl methyl sites for hydroxylation is 4. The summed E-state index contributed by atoms with van der Waals surface area (Å²) in [5, 5.41) is 4.72. The van der Waals surface area contributed by atoms with Gasteiger partial charge in [-0.3, -0.25) is 4.98 Å². The van der Waals surface area contributed by atoms with Crippen LogP contribution < -0.4 is 0 Å². The van der Waals surface area contributed by atoms with Gasteiger partial charge >= 0.3 is 0 Å². The first kappa shape index (κ1) is 46.5. The molecule has 4 heterocycles. The molecule has 0 spiro atoms. The second kappa shape index (κ2) is 19.0. The van der Waals surface area contributed by atoms with E-state index < -0.39 is 0 Å². The molecule has 0 amide bonds. The SMILES string of the molecule is Cc1cc(C)cc(-c2ccc3c(c2)c2ccccc2n3-c2cc(-c3cccnc3)ccc2-c2ccc(-c3nc(-c4ccccc4)nc(-c4ccccc4)n3)cc2-n2c3ccccc3c3cc(-c4cc(C)cc(C)c4)ccc32)c1. The van der Waals surface area contributed by atoms with Gasteiger partial charge in [-0.25, -0.2) is 15.0 Å². The zero-order chi connectivity index (χ0) is 52.4. The van der Waals surface area contributed by atoms with Crippen LogP contribution in [0, 0.1) is 27.7 Å². The predicted octanol–water partition coefficient (Wildman–Crippen LogP) is 18.4. The number of para-hydroxylation sites is 2. The first-order valence-electron chi connectivity index (χ1n) is 26.6. The molecule has 4 aromatic heterocycles. The van der Waals surface area contributed by atoms with Gasteiger partial charge in [-0.15, -0.1) is 0 Å². The van der Waals surface area contributed by atoms with Crippen LogP contribution in [0.4, 0.5) is 0 Å². The van der Waals surface area contributed by atoms with Crippen molar-refractivity contribution >= 4 is 43.6 Å². The molecule has 78 heavy (non-hydrogen) atoms. The third-order valence-corrected chi connectivity index (χ3v) is 15.2. The van der Waals surface area contributed by atoms with Crippen molar-refractivity contribution in [2.45, 2.75) is 27.7 Å². The van der Waals surface area contributed by atoms with E-state index in [0.29, 0.717) is 17.5 Å². The Morgan fingerprint density at radius 2 is 0.654 bits per heavy atom. The molecule has 6 nitrogen and oxygen atoms in total. The van der Waals surface area contributed by atoms with Crippen LogP contribution in [0.1, 0.15) is 22.3 Å². The molecule has 10 aromatic carbocycles. The second-order valence-corrected chi connectivity index (χ2v) is 20.7. The van der Waals surface area contributed by atoms with E-state index >= 15 is 0 Å². The number of pyridine rings is 1. The lowest BCUT2D eigenvalue weighted by atomic mass is 9.95. The molecule has 14 aromatic rings. The third-order valence-electron chi connectivity index (χ3n) is 15.2. The van der Waals surface area contributed by atoms with Crippen LogP contribution >= 0.6 is 0 Å². The first-order valence-corrected chi connectivity index (χ1v) is 26.6. The van der Waals surface area contributed by atoms with Gasteiger partial charge < -0.3 is 9.13 Å². The Bertz CT molecular complexity index is 4550. The second-order valence-electron chi connectivity index (χ2n) is 20.7. The van der Waals surface area contributed by atoms with E-state index in [4.69, 9.17) is 15.0 Å². The van der Waals surface area contributed by atoms with Gasteiger partial charge in [-0.2, -0.15) is 0 Å². The van der Waals surface area contributed by atoms with Crippen molar-refractivity contribution in [2.75, 3.05) is 0 Å². The van der Waals surface area contributed by atoms with Crippen LogP contribution in [0.15, 0.2) is 243 Å². The number of rotatable bonds is 9. The molecule has 0 bridgehead atoms. The zero-order valence-corrected chi connectivity index (χ0v) is 43.8. The maximum absolute atomic E-state index is 5.28. The number of benzene rings is 10. The first-order chi connectivity index (χ1) is 38.3. The molecule has 0 fully saturated rings. The fraction of sp³-hybridized carbons (Fsp3) is 0.0556. The van der Waals surface area contributed by atoms with Gasteiger partial charge in [0, 0.05) is 67.3 Å². The highest BCUT2D eigenvalue weighted by atomic mass is 15.0. The molecule has 0 aliphatic heterocycles. The number of fused-ring (bicyclic) bond motifs is 6. The van der Waals surface area contributed by atoms with E-state index in [1.165, 1.54) is 66.1 Å². The van der Waals surface area contributed by atoms with Crippen molar-refractivity contribution in [1.82, 2.24) is 29.1 Å². The molecule has 0 atom stereocenters. The molecular weight excluding hydrogens is 949 g/mol. The van der Waals surface area contributed by atoms with E-state index in [0.717, 1.165) is 72.4 Å². The Balaban J connectivity index is 1.07. The standard InChI is InChI=1S/C72H52N6/c1-45-34-46(2)37-56(36-45)51-27-31-66-62(40-51)58-21-11-13-23-64(58)77(66)68-42-53(55-20-15-33-73-44-55)25-29-60(68)61-30-26-54(72-75-70(49-16-7-5-8-17-49)74-71(76-72)50-18-9-6-10-19-50)43-69(61)78-65-24-14-12-22-59(65)63-41-52(28-32-67(63)78)57-38-47(3)35-48(4)39-57/h5-44H,1-4H3. The minimum Gasteiger partial charge on any atom is -0.309 e. The van der Waals surface area contributed by atoms with Gasteiger partial charge in [0.1, 0.15) is 0 Å². The van der Waals surface area contributed by atoms with Crippen molar-refractivity contribution in [1.29, 1.82) is 0 Å². The van der Waals surface area contributed by atoms with E-state index in [1.807, 2.05) is 54.9 Å². The fourth-order valence-corrected chi connectivity index (χ4v) is 11.8. The molecule has 0 saturated carbocycles. The Morgan fingerprint density at radius 3 is 1.13 bits per heavy atom. The van der Waals surface area contributed by atoms with Crippen molar-refractivity contribution in [2.24, 2.45) is 0 Å². The van der Waals surface area contributed by atoms with Crippen LogP contribution in [0.25, 0.3) is 134 Å². The maximum Gasteiger partial charge on any atom is 0.164 e. The molecule has 6 heteroatoms. The van der Waals surface area contributed by atoms with Crippen LogP contribution in [-0.2, 0) is 0 Å². The van der Waals surface area contributed by atoms with E-state index in [2.05, 4.69) is 230 Å². The summed E-state index contributed by atoms with van der Waals surface area (Å²) in [4.78, 5) is 20.2. The molecule has 0 unspecified atom stereocenters. The van der Waals surface area contributed by atoms with Gasteiger partial charge in [-0.05, 0) is 110 Å². The molecule has 0 N–H and O–H groups in total. The van der Waals surface area contributed by atoms with Crippen LogP contribution in [0.5, 0.6) is 0 Å². The zero-order valence-electron chi connectivity index (χ0n) is 43.8. The molecule has 0 aliphatic rings. The Morgan fingerprint density at radius 1 is 0.269 bits per heavy atom. The van der Waals surface area contributed by atoms with Crippen molar-refractivity contribution in [3.8, 4) is 90.0 Å². The molecule has 370 valence electrons. The number of hydrogen-bond donors (Lipinski definition) is 0. The van der Waals surface area contributed by atoms with Gasteiger partial charge in [0.2, 0.25) is 0 Å². The lowest BCUT2D eigenvalue weighted by molar-refractivity contribution is 1.07. The highest BCUT2D eigenvalue weighted by Gasteiger charge is 2.24. The molecular formula is C72H52N6. The topological polar surface area (TPSA) is 61.4 Å². The molecule has 0 saturated heterocycles. The minimum absolute atomic E-state index is 0.586. The van der Waals surface area contributed by atoms with Gasteiger partial charge in [-0.1, -0.05) is 198 Å². The highest BCUT2D eigenvalue weighted by molar-refractivity contribution is 6.13. The number of aromatic nitrogens is 6. The predicted molar refractivity (Wildman–Crippen MR) is 323 cm³/mol. The van der Waals surface area contributed by atoms with Crippen LogP contribution in [0.3, 0.4) is 0 Å². The van der Waals surface area contributed by atoms with Crippen LogP contribution in [-0.4, -0.2) is 29.1 Å². The quantitative estimate of drug-likeness (QED) is 0.145. The number of nitrogens with zero attached hydrogens (tertiary/aromatic N) is 6. The van der Waals surface area contributed by atoms with E-state index in [9.17, 15) is 0 Å². The smallest absolute Gasteiger partial charge is 0.164 e. The Labute approximate surface area is 453 Å². The fourth-order valence-electron chi connectivity index (χ4n) is 11.8. The largest absolute Gasteiger partial charge is 0.309 e. The summed E-state index contributed by atoms with van der Waals surface area (Å²) < 4.78 is 4.92. The lowest BCUT2D eigenvalue weighted by Crippen LogP contribution is -2.04. The maximum atomic E-state index is 5.28. The summed E-state index contributed by atoms with van der Waals surface area (Å²) in [6.45, 7) is 8.70. The summed E-state index contributed by atoms with van der Waals surface area (Å²) in [7, 11) is 0. The molecule has 0 radical (unpaired) electrons. The van der Waals surface area contributed by atoms with Crippen molar-refractivity contribution in [3.05, 3.63) is 265 Å². The third kappa shape index (κ3) is 8.22. The summed E-state index contributed by atoms with van der Waals surface area (Å²) in [6.07, 6.45) is 3.79. The summed E-state index contributed by atoms with van der Waals surface area (Å²) in [6, 6.07) is 83.3. The summed E-state index contributed by atoms with van der Waals surface area (Å²) >= 11 is 0. The lowest BCUT2D eigenvalue weighted by Gasteiger charge is -2.21. The highest BCUT2D eigenvalue weighted by Crippen LogP contribution is 2.45.